The summed E-state index contributed by atoms with van der Waals surface area (Å²) in [6.07, 6.45) is 2.69. The molecule has 0 fully saturated rings. The predicted octanol–water partition coefficient (Wildman–Crippen LogP) is 2.81. The quantitative estimate of drug-likeness (QED) is 0.549. The minimum atomic E-state index is -0.193. The lowest BCUT2D eigenvalue weighted by molar-refractivity contribution is 0.0963. The molecule has 0 spiro atoms. The Morgan fingerprint density at radius 2 is 1.69 bits per heavy atom. The summed E-state index contributed by atoms with van der Waals surface area (Å²) in [6, 6.07) is 9.80. The summed E-state index contributed by atoms with van der Waals surface area (Å²) in [7, 11) is 0. The van der Waals surface area contributed by atoms with Crippen molar-refractivity contribution in [2.24, 2.45) is 0 Å². The van der Waals surface area contributed by atoms with Crippen LogP contribution < -0.4 is 0 Å². The zero-order valence-electron chi connectivity index (χ0n) is 8.29. The molecule has 0 N–H and O–H groups in total. The highest BCUT2D eigenvalue weighted by atomic mass is 16.5. The first-order valence-electron chi connectivity index (χ1n) is 4.32. The van der Waals surface area contributed by atoms with Gasteiger partial charge in [-0.25, -0.2) is 0 Å². The highest BCUT2D eigenvalue weighted by molar-refractivity contribution is 5.32. The molecule has 0 aliphatic rings. The molecule has 68 valence electrons. The minimum absolute atomic E-state index is 0.193. The third-order valence-corrected chi connectivity index (χ3v) is 1.33. The molecule has 0 saturated carbocycles. The first-order chi connectivity index (χ1) is 6.08. The van der Waals surface area contributed by atoms with Gasteiger partial charge < -0.3 is 4.74 Å². The smallest absolute Gasteiger partial charge is 0.116 e. The summed E-state index contributed by atoms with van der Waals surface area (Å²) in [5, 5.41) is 0. The standard InChI is InChI=1S/C12H14O/c1-12(2,3)13-10-9-11-7-5-4-6-8-11/h4-8H,1-3H3. The van der Waals surface area contributed by atoms with Crippen LogP contribution in [-0.2, 0) is 4.74 Å². The van der Waals surface area contributed by atoms with Crippen molar-refractivity contribution in [3.63, 3.8) is 0 Å². The van der Waals surface area contributed by atoms with Crippen molar-refractivity contribution in [1.29, 1.82) is 0 Å². The van der Waals surface area contributed by atoms with E-state index in [1.54, 1.807) is 0 Å². The van der Waals surface area contributed by atoms with Crippen LogP contribution in [-0.4, -0.2) is 5.60 Å². The molecule has 13 heavy (non-hydrogen) atoms. The SMILES string of the molecule is CC(C)(C)OC#Cc1ccccc1. The van der Waals surface area contributed by atoms with Crippen LogP contribution in [0, 0.1) is 12.0 Å². The van der Waals surface area contributed by atoms with Gasteiger partial charge in [0.15, 0.2) is 0 Å². The Morgan fingerprint density at radius 1 is 1.08 bits per heavy atom. The van der Waals surface area contributed by atoms with E-state index in [1.165, 1.54) is 0 Å². The van der Waals surface area contributed by atoms with Crippen LogP contribution >= 0.6 is 0 Å². The second-order valence-electron chi connectivity index (χ2n) is 3.81. The Kier molecular flexibility index (Phi) is 2.97. The van der Waals surface area contributed by atoms with Crippen LogP contribution in [0.1, 0.15) is 26.3 Å². The molecule has 1 aromatic carbocycles. The van der Waals surface area contributed by atoms with E-state index in [-0.39, 0.29) is 5.60 Å². The van der Waals surface area contributed by atoms with Gasteiger partial charge in [-0.15, -0.1) is 0 Å². The van der Waals surface area contributed by atoms with Gasteiger partial charge in [-0.2, -0.15) is 0 Å². The number of rotatable bonds is 0. The van der Waals surface area contributed by atoms with Crippen molar-refractivity contribution in [1.82, 2.24) is 0 Å². The van der Waals surface area contributed by atoms with Gasteiger partial charge in [0, 0.05) is 5.56 Å². The van der Waals surface area contributed by atoms with Crippen LogP contribution in [0.5, 0.6) is 0 Å². The van der Waals surface area contributed by atoms with E-state index < -0.39 is 0 Å². The molecule has 0 aromatic heterocycles. The lowest BCUT2D eigenvalue weighted by atomic mass is 10.2. The molecule has 0 amide bonds. The molecule has 0 bridgehead atoms. The summed E-state index contributed by atoms with van der Waals surface area (Å²) in [4.78, 5) is 0. The van der Waals surface area contributed by atoms with Crippen molar-refractivity contribution in [2.45, 2.75) is 26.4 Å². The molecule has 0 saturated heterocycles. The fourth-order valence-electron chi connectivity index (χ4n) is 0.759. The molecule has 1 rings (SSSR count). The number of hydrogen-bond donors (Lipinski definition) is 0. The van der Waals surface area contributed by atoms with Crippen molar-refractivity contribution >= 4 is 0 Å². The van der Waals surface area contributed by atoms with E-state index in [1.807, 2.05) is 51.1 Å². The predicted molar refractivity (Wildman–Crippen MR) is 54.2 cm³/mol. The van der Waals surface area contributed by atoms with E-state index in [0.29, 0.717) is 0 Å². The zero-order valence-corrected chi connectivity index (χ0v) is 8.29. The van der Waals surface area contributed by atoms with Crippen molar-refractivity contribution < 1.29 is 4.74 Å². The van der Waals surface area contributed by atoms with Gasteiger partial charge in [-0.1, -0.05) is 18.2 Å². The molecule has 0 heterocycles. The maximum Gasteiger partial charge on any atom is 0.116 e. The molecule has 0 aliphatic heterocycles. The van der Waals surface area contributed by atoms with Crippen LogP contribution in [0.4, 0.5) is 0 Å². The number of benzene rings is 1. The number of hydrogen-bond acceptors (Lipinski definition) is 1. The molecular formula is C12H14O. The van der Waals surface area contributed by atoms with Gasteiger partial charge in [0.2, 0.25) is 0 Å². The second kappa shape index (κ2) is 4.00. The van der Waals surface area contributed by atoms with Crippen molar-refractivity contribution in [2.75, 3.05) is 0 Å². The zero-order chi connectivity index (χ0) is 9.73. The maximum atomic E-state index is 5.27. The highest BCUT2D eigenvalue weighted by Gasteiger charge is 2.07. The van der Waals surface area contributed by atoms with Crippen LogP contribution in [0.3, 0.4) is 0 Å². The van der Waals surface area contributed by atoms with Crippen molar-refractivity contribution in [3.8, 4) is 12.0 Å². The summed E-state index contributed by atoms with van der Waals surface area (Å²) in [6.45, 7) is 5.94. The van der Waals surface area contributed by atoms with Crippen LogP contribution in [0.25, 0.3) is 0 Å². The summed E-state index contributed by atoms with van der Waals surface area (Å²) in [5.41, 5.74) is 0.786. The molecule has 0 radical (unpaired) electrons. The number of ether oxygens (including phenoxy) is 1. The molecule has 1 heteroatoms. The van der Waals surface area contributed by atoms with Gasteiger partial charge in [-0.05, 0) is 38.8 Å². The molecule has 0 atom stereocenters. The Labute approximate surface area is 79.7 Å². The summed E-state index contributed by atoms with van der Waals surface area (Å²) >= 11 is 0. The maximum absolute atomic E-state index is 5.27. The average Bonchev–Trinajstić information content (AvgIpc) is 2.04. The first kappa shape index (κ1) is 9.67. The molecule has 1 nitrogen and oxygen atoms in total. The lowest BCUT2D eigenvalue weighted by Crippen LogP contribution is -2.15. The molecule has 1 aromatic rings. The normalized spacial score (nSPS) is 10.1. The fourth-order valence-corrected chi connectivity index (χ4v) is 0.759. The van der Waals surface area contributed by atoms with Crippen LogP contribution in [0.15, 0.2) is 30.3 Å². The van der Waals surface area contributed by atoms with Gasteiger partial charge in [-0.3, -0.25) is 0 Å². The molecular weight excluding hydrogens is 160 g/mol. The van der Waals surface area contributed by atoms with Gasteiger partial charge in [0.1, 0.15) is 11.7 Å². The first-order valence-corrected chi connectivity index (χ1v) is 4.32. The Balaban J connectivity index is 2.59. The van der Waals surface area contributed by atoms with Crippen molar-refractivity contribution in [3.05, 3.63) is 35.9 Å². The summed E-state index contributed by atoms with van der Waals surface area (Å²) in [5.74, 6) is 2.93. The van der Waals surface area contributed by atoms with E-state index in [9.17, 15) is 0 Å². The van der Waals surface area contributed by atoms with Crippen LogP contribution in [0.2, 0.25) is 0 Å². The largest absolute Gasteiger partial charge is 0.441 e. The topological polar surface area (TPSA) is 9.23 Å². The van der Waals surface area contributed by atoms with E-state index in [2.05, 4.69) is 12.0 Å². The van der Waals surface area contributed by atoms with Gasteiger partial charge in [0.05, 0.1) is 0 Å². The Bertz CT molecular complexity index is 308. The fraction of sp³-hybridized carbons (Fsp3) is 0.333. The Hall–Kier alpha value is -1.42. The average molecular weight is 174 g/mol. The summed E-state index contributed by atoms with van der Waals surface area (Å²) < 4.78 is 5.27. The third kappa shape index (κ3) is 4.22. The third-order valence-electron chi connectivity index (χ3n) is 1.33. The second-order valence-corrected chi connectivity index (χ2v) is 3.81. The highest BCUT2D eigenvalue weighted by Crippen LogP contribution is 2.05. The Morgan fingerprint density at radius 3 is 2.23 bits per heavy atom. The van der Waals surface area contributed by atoms with E-state index >= 15 is 0 Å². The monoisotopic (exact) mass is 174 g/mol. The lowest BCUT2D eigenvalue weighted by Gasteiger charge is -2.14. The molecule has 0 aliphatic carbocycles. The van der Waals surface area contributed by atoms with E-state index in [4.69, 9.17) is 4.74 Å². The molecule has 0 unspecified atom stereocenters. The van der Waals surface area contributed by atoms with Gasteiger partial charge >= 0.3 is 0 Å². The minimum Gasteiger partial charge on any atom is -0.441 e. The van der Waals surface area contributed by atoms with E-state index in [0.717, 1.165) is 5.56 Å². The van der Waals surface area contributed by atoms with Gasteiger partial charge in [0.25, 0.3) is 0 Å².